The summed E-state index contributed by atoms with van der Waals surface area (Å²) in [6, 6.07) is 19.8. The fraction of sp³-hybridized carbons (Fsp3) is 0.158. The summed E-state index contributed by atoms with van der Waals surface area (Å²) in [7, 11) is 0. The van der Waals surface area contributed by atoms with Gasteiger partial charge in [-0.2, -0.15) is 4.98 Å². The highest BCUT2D eigenvalue weighted by Gasteiger charge is 2.06. The Kier molecular flexibility index (Phi) is 5.29. The summed E-state index contributed by atoms with van der Waals surface area (Å²) in [5.41, 5.74) is 3.10. The summed E-state index contributed by atoms with van der Waals surface area (Å²) in [5.74, 6) is 1.41. The van der Waals surface area contributed by atoms with Gasteiger partial charge in [-0.1, -0.05) is 54.1 Å². The Bertz CT molecular complexity index is 788. The van der Waals surface area contributed by atoms with E-state index in [0.717, 1.165) is 34.2 Å². The summed E-state index contributed by atoms with van der Waals surface area (Å²) in [4.78, 5) is 9.10. The van der Waals surface area contributed by atoms with E-state index in [4.69, 9.17) is 11.6 Å². The predicted molar refractivity (Wildman–Crippen MR) is 100 cm³/mol. The molecule has 0 aliphatic carbocycles. The maximum absolute atomic E-state index is 5.92. The molecule has 24 heavy (non-hydrogen) atoms. The molecule has 1 aromatic heterocycles. The molecule has 0 amide bonds. The zero-order chi connectivity index (χ0) is 16.8. The van der Waals surface area contributed by atoms with Crippen molar-refractivity contribution in [3.8, 4) is 11.3 Å². The van der Waals surface area contributed by atoms with Gasteiger partial charge >= 0.3 is 0 Å². The second-order valence-electron chi connectivity index (χ2n) is 5.34. The third kappa shape index (κ3) is 4.24. The van der Waals surface area contributed by atoms with Crippen molar-refractivity contribution in [2.45, 2.75) is 13.5 Å². The van der Waals surface area contributed by atoms with Gasteiger partial charge in [0.05, 0.1) is 5.69 Å². The second kappa shape index (κ2) is 7.79. The van der Waals surface area contributed by atoms with Crippen LogP contribution in [0.2, 0.25) is 5.02 Å². The van der Waals surface area contributed by atoms with Crippen LogP contribution < -0.4 is 10.6 Å². The van der Waals surface area contributed by atoms with Crippen LogP contribution in [0.1, 0.15) is 12.5 Å². The number of hydrogen-bond acceptors (Lipinski definition) is 4. The molecule has 122 valence electrons. The van der Waals surface area contributed by atoms with E-state index in [1.54, 1.807) is 0 Å². The fourth-order valence-electron chi connectivity index (χ4n) is 2.33. The zero-order valence-corrected chi connectivity index (χ0v) is 14.2. The van der Waals surface area contributed by atoms with Gasteiger partial charge in [-0.25, -0.2) is 4.98 Å². The quantitative estimate of drug-likeness (QED) is 0.675. The molecule has 0 radical (unpaired) electrons. The Labute approximate surface area is 146 Å². The first-order valence-electron chi connectivity index (χ1n) is 7.91. The lowest BCUT2D eigenvalue weighted by atomic mass is 10.1. The molecule has 3 rings (SSSR count). The van der Waals surface area contributed by atoms with Gasteiger partial charge in [0, 0.05) is 29.7 Å². The molecule has 0 fully saturated rings. The van der Waals surface area contributed by atoms with Gasteiger partial charge in [-0.3, -0.25) is 0 Å². The van der Waals surface area contributed by atoms with E-state index in [-0.39, 0.29) is 0 Å². The Morgan fingerprint density at radius 1 is 0.917 bits per heavy atom. The second-order valence-corrected chi connectivity index (χ2v) is 5.77. The summed E-state index contributed by atoms with van der Waals surface area (Å²) in [6.07, 6.45) is 0. The number of anilines is 2. The molecule has 5 heteroatoms. The minimum Gasteiger partial charge on any atom is -0.366 e. The molecule has 2 N–H and O–H groups in total. The van der Waals surface area contributed by atoms with Crippen LogP contribution in [0.15, 0.2) is 60.7 Å². The number of nitrogens with zero attached hydrogens (tertiary/aromatic N) is 2. The summed E-state index contributed by atoms with van der Waals surface area (Å²) < 4.78 is 0. The molecule has 3 aromatic rings. The number of aromatic nitrogens is 2. The van der Waals surface area contributed by atoms with E-state index >= 15 is 0 Å². The lowest BCUT2D eigenvalue weighted by Crippen LogP contribution is -2.07. The Morgan fingerprint density at radius 2 is 1.67 bits per heavy atom. The van der Waals surface area contributed by atoms with Crippen molar-refractivity contribution in [3.63, 3.8) is 0 Å². The zero-order valence-electron chi connectivity index (χ0n) is 13.5. The van der Waals surface area contributed by atoms with Gasteiger partial charge in [-0.15, -0.1) is 0 Å². The molecule has 1 heterocycles. The van der Waals surface area contributed by atoms with Crippen LogP contribution in [0.5, 0.6) is 0 Å². The SMILES string of the molecule is CCNc1nc(NCc2ccc(Cl)cc2)cc(-c2ccccc2)n1. The number of nitrogens with one attached hydrogen (secondary N) is 2. The lowest BCUT2D eigenvalue weighted by Gasteiger charge is -2.11. The van der Waals surface area contributed by atoms with E-state index in [9.17, 15) is 0 Å². The molecule has 0 spiro atoms. The number of hydrogen-bond donors (Lipinski definition) is 2. The largest absolute Gasteiger partial charge is 0.366 e. The highest BCUT2D eigenvalue weighted by molar-refractivity contribution is 6.30. The van der Waals surface area contributed by atoms with Crippen LogP contribution in [-0.2, 0) is 6.54 Å². The average molecular weight is 339 g/mol. The standard InChI is InChI=1S/C19H19ClN4/c1-2-21-19-23-17(15-6-4-3-5-7-15)12-18(24-19)22-13-14-8-10-16(20)11-9-14/h3-12H,2,13H2,1H3,(H2,21,22,23,24). The van der Waals surface area contributed by atoms with Crippen molar-refractivity contribution in [1.82, 2.24) is 9.97 Å². The molecule has 0 aliphatic rings. The highest BCUT2D eigenvalue weighted by Crippen LogP contribution is 2.21. The van der Waals surface area contributed by atoms with Crippen LogP contribution in [0.25, 0.3) is 11.3 Å². The van der Waals surface area contributed by atoms with E-state index in [0.29, 0.717) is 12.5 Å². The minimum atomic E-state index is 0.623. The van der Waals surface area contributed by atoms with E-state index in [2.05, 4.69) is 20.6 Å². The Balaban J connectivity index is 1.83. The van der Waals surface area contributed by atoms with Gasteiger partial charge < -0.3 is 10.6 Å². The van der Waals surface area contributed by atoms with Crippen LogP contribution in [0.4, 0.5) is 11.8 Å². The van der Waals surface area contributed by atoms with E-state index < -0.39 is 0 Å². The van der Waals surface area contributed by atoms with Crippen molar-refractivity contribution in [1.29, 1.82) is 0 Å². The van der Waals surface area contributed by atoms with Crippen molar-refractivity contribution >= 4 is 23.4 Å². The summed E-state index contributed by atoms with van der Waals surface area (Å²) in [5, 5.41) is 7.28. The van der Waals surface area contributed by atoms with Crippen LogP contribution in [-0.4, -0.2) is 16.5 Å². The number of halogens is 1. The Morgan fingerprint density at radius 3 is 2.38 bits per heavy atom. The minimum absolute atomic E-state index is 0.623. The smallest absolute Gasteiger partial charge is 0.225 e. The molecule has 2 aromatic carbocycles. The molecule has 0 unspecified atom stereocenters. The maximum Gasteiger partial charge on any atom is 0.225 e. The highest BCUT2D eigenvalue weighted by atomic mass is 35.5. The lowest BCUT2D eigenvalue weighted by molar-refractivity contribution is 1.05. The topological polar surface area (TPSA) is 49.8 Å². The number of benzene rings is 2. The Hall–Kier alpha value is -2.59. The van der Waals surface area contributed by atoms with E-state index in [1.165, 1.54) is 0 Å². The summed E-state index contributed by atoms with van der Waals surface area (Å²) in [6.45, 7) is 3.47. The van der Waals surface area contributed by atoms with Gasteiger partial charge in [0.1, 0.15) is 5.82 Å². The van der Waals surface area contributed by atoms with Gasteiger partial charge in [-0.05, 0) is 24.6 Å². The molecule has 0 saturated heterocycles. The molecule has 0 aliphatic heterocycles. The van der Waals surface area contributed by atoms with Crippen molar-refractivity contribution in [2.75, 3.05) is 17.2 Å². The maximum atomic E-state index is 5.92. The first kappa shape index (κ1) is 16.3. The van der Waals surface area contributed by atoms with Crippen LogP contribution in [0, 0.1) is 0 Å². The molecule has 4 nitrogen and oxygen atoms in total. The molecule has 0 bridgehead atoms. The molecule has 0 atom stereocenters. The van der Waals surface area contributed by atoms with E-state index in [1.807, 2.05) is 67.6 Å². The monoisotopic (exact) mass is 338 g/mol. The summed E-state index contributed by atoms with van der Waals surface area (Å²) >= 11 is 5.92. The molecule has 0 saturated carbocycles. The third-order valence-electron chi connectivity index (χ3n) is 3.52. The first-order valence-corrected chi connectivity index (χ1v) is 8.29. The predicted octanol–water partition coefficient (Wildman–Crippen LogP) is 4.84. The van der Waals surface area contributed by atoms with Crippen LogP contribution in [0.3, 0.4) is 0 Å². The van der Waals surface area contributed by atoms with Crippen LogP contribution >= 0.6 is 11.6 Å². The average Bonchev–Trinajstić information content (AvgIpc) is 2.62. The molecular formula is C19H19ClN4. The van der Waals surface area contributed by atoms with Crippen molar-refractivity contribution < 1.29 is 0 Å². The van der Waals surface area contributed by atoms with Gasteiger partial charge in [0.15, 0.2) is 0 Å². The van der Waals surface area contributed by atoms with Crippen molar-refractivity contribution in [3.05, 3.63) is 71.2 Å². The number of rotatable bonds is 6. The normalized spacial score (nSPS) is 10.4. The van der Waals surface area contributed by atoms with Gasteiger partial charge in [0.25, 0.3) is 0 Å². The van der Waals surface area contributed by atoms with Crippen molar-refractivity contribution in [2.24, 2.45) is 0 Å². The third-order valence-corrected chi connectivity index (χ3v) is 3.77. The van der Waals surface area contributed by atoms with Gasteiger partial charge in [0.2, 0.25) is 5.95 Å². The fourth-order valence-corrected chi connectivity index (χ4v) is 2.45. The molecular weight excluding hydrogens is 320 g/mol. The first-order chi connectivity index (χ1) is 11.7.